The van der Waals surface area contributed by atoms with Gasteiger partial charge in [-0.3, -0.25) is 4.79 Å². The fourth-order valence-corrected chi connectivity index (χ4v) is 5.47. The normalized spacial score (nSPS) is 18.9. The van der Waals surface area contributed by atoms with Crippen LogP contribution < -0.4 is 4.74 Å². The number of hydrogen-bond donors (Lipinski definition) is 0. The van der Waals surface area contributed by atoms with E-state index in [2.05, 4.69) is 13.8 Å². The van der Waals surface area contributed by atoms with Gasteiger partial charge in [0, 0.05) is 17.6 Å². The zero-order valence-electron chi connectivity index (χ0n) is 17.5. The molecule has 1 saturated heterocycles. The van der Waals surface area contributed by atoms with Crippen molar-refractivity contribution in [2.75, 3.05) is 11.5 Å². The Kier molecular flexibility index (Phi) is 7.09. The molecule has 0 bridgehead atoms. The first kappa shape index (κ1) is 22.6. The quantitative estimate of drug-likeness (QED) is 0.626. The second-order valence-corrected chi connectivity index (χ2v) is 10.8. The largest absolute Gasteiger partial charge is 0.481 e. The molecule has 30 heavy (non-hydrogen) atoms. The van der Waals surface area contributed by atoms with E-state index in [9.17, 15) is 13.2 Å². The highest BCUT2D eigenvalue weighted by Gasteiger charge is 2.36. The summed E-state index contributed by atoms with van der Waals surface area (Å²) in [5.74, 6) is 0.902. The Balaban J connectivity index is 1.77. The molecule has 0 aromatic heterocycles. The molecule has 2 aromatic carbocycles. The summed E-state index contributed by atoms with van der Waals surface area (Å²) < 4.78 is 30.0. The molecule has 1 aliphatic heterocycles. The number of sulfone groups is 1. The first-order valence-corrected chi connectivity index (χ1v) is 12.4. The SMILES string of the molecule is CC(Oc1ccc(C(C)C)cc1)C(=O)N(Cc1ccc(Cl)cc1)C1CCS(=O)(=O)C1. The van der Waals surface area contributed by atoms with E-state index < -0.39 is 15.9 Å². The molecule has 2 aromatic rings. The van der Waals surface area contributed by atoms with Crippen molar-refractivity contribution in [2.24, 2.45) is 0 Å². The summed E-state index contributed by atoms with van der Waals surface area (Å²) in [6, 6.07) is 14.6. The summed E-state index contributed by atoms with van der Waals surface area (Å²) in [6.07, 6.45) is -0.289. The van der Waals surface area contributed by atoms with Gasteiger partial charge in [-0.1, -0.05) is 49.7 Å². The topological polar surface area (TPSA) is 63.7 Å². The van der Waals surface area contributed by atoms with Crippen molar-refractivity contribution in [3.8, 4) is 5.75 Å². The molecule has 0 saturated carbocycles. The van der Waals surface area contributed by atoms with E-state index in [1.807, 2.05) is 36.4 Å². The second kappa shape index (κ2) is 9.40. The van der Waals surface area contributed by atoms with Crippen LogP contribution in [-0.2, 0) is 21.2 Å². The van der Waals surface area contributed by atoms with Gasteiger partial charge < -0.3 is 9.64 Å². The van der Waals surface area contributed by atoms with Gasteiger partial charge in [0.05, 0.1) is 11.5 Å². The Morgan fingerprint density at radius 1 is 1.10 bits per heavy atom. The fourth-order valence-electron chi connectivity index (χ4n) is 3.61. The number of halogens is 1. The molecule has 1 amide bonds. The van der Waals surface area contributed by atoms with E-state index in [0.717, 1.165) is 5.56 Å². The minimum Gasteiger partial charge on any atom is -0.481 e. The summed E-state index contributed by atoms with van der Waals surface area (Å²) in [7, 11) is -3.13. The van der Waals surface area contributed by atoms with Gasteiger partial charge in [-0.25, -0.2) is 8.42 Å². The molecule has 1 fully saturated rings. The first-order chi connectivity index (χ1) is 14.1. The van der Waals surface area contributed by atoms with Gasteiger partial charge in [0.15, 0.2) is 15.9 Å². The Bertz CT molecular complexity index is 971. The highest BCUT2D eigenvalue weighted by atomic mass is 35.5. The van der Waals surface area contributed by atoms with E-state index in [0.29, 0.717) is 29.7 Å². The number of hydrogen-bond acceptors (Lipinski definition) is 4. The molecule has 3 rings (SSSR count). The Morgan fingerprint density at radius 3 is 2.27 bits per heavy atom. The van der Waals surface area contributed by atoms with Crippen LogP contribution in [0.15, 0.2) is 48.5 Å². The van der Waals surface area contributed by atoms with Crippen LogP contribution >= 0.6 is 11.6 Å². The molecule has 1 aliphatic rings. The first-order valence-electron chi connectivity index (χ1n) is 10.2. The average molecular weight is 450 g/mol. The van der Waals surface area contributed by atoms with E-state index in [1.165, 1.54) is 5.56 Å². The lowest BCUT2D eigenvalue weighted by Gasteiger charge is -2.31. The average Bonchev–Trinajstić information content (AvgIpc) is 3.06. The molecule has 0 radical (unpaired) electrons. The van der Waals surface area contributed by atoms with Crippen molar-refractivity contribution >= 4 is 27.3 Å². The summed E-state index contributed by atoms with van der Waals surface area (Å²) >= 11 is 5.97. The monoisotopic (exact) mass is 449 g/mol. The zero-order chi connectivity index (χ0) is 21.9. The third-order valence-corrected chi connectivity index (χ3v) is 7.41. The van der Waals surface area contributed by atoms with E-state index >= 15 is 0 Å². The highest BCUT2D eigenvalue weighted by Crippen LogP contribution is 2.24. The summed E-state index contributed by atoms with van der Waals surface area (Å²) in [5.41, 5.74) is 2.09. The number of carbonyl (C=O) groups is 1. The number of nitrogens with zero attached hydrogens (tertiary/aromatic N) is 1. The molecular weight excluding hydrogens is 422 g/mol. The summed E-state index contributed by atoms with van der Waals surface area (Å²) in [4.78, 5) is 14.9. The smallest absolute Gasteiger partial charge is 0.263 e. The van der Waals surface area contributed by atoms with Crippen molar-refractivity contribution < 1.29 is 17.9 Å². The molecule has 0 N–H and O–H groups in total. The number of carbonyl (C=O) groups excluding carboxylic acids is 1. The molecule has 162 valence electrons. The molecule has 5 nitrogen and oxygen atoms in total. The second-order valence-electron chi connectivity index (χ2n) is 8.13. The van der Waals surface area contributed by atoms with Crippen molar-refractivity contribution in [3.05, 3.63) is 64.7 Å². The Labute approximate surface area is 183 Å². The van der Waals surface area contributed by atoms with Gasteiger partial charge in [0.1, 0.15) is 5.75 Å². The van der Waals surface area contributed by atoms with Crippen molar-refractivity contribution in [3.63, 3.8) is 0 Å². The molecule has 1 heterocycles. The van der Waals surface area contributed by atoms with E-state index in [1.54, 1.807) is 24.0 Å². The van der Waals surface area contributed by atoms with E-state index in [4.69, 9.17) is 16.3 Å². The standard InChI is InChI=1S/C23H28ClNO4S/c1-16(2)19-6-10-22(11-7-19)29-17(3)23(26)25(21-12-13-30(27,28)15-21)14-18-4-8-20(24)9-5-18/h4-11,16-17,21H,12-15H2,1-3H3. The Hall–Kier alpha value is -2.05. The van der Waals surface area contributed by atoms with E-state index in [-0.39, 0.29) is 23.5 Å². The van der Waals surface area contributed by atoms with Crippen LogP contribution in [0, 0.1) is 0 Å². The van der Waals surface area contributed by atoms with Gasteiger partial charge >= 0.3 is 0 Å². The maximum atomic E-state index is 13.3. The van der Waals surface area contributed by atoms with Crippen LogP contribution in [0.25, 0.3) is 0 Å². The summed E-state index contributed by atoms with van der Waals surface area (Å²) in [5, 5.41) is 0.613. The number of benzene rings is 2. The van der Waals surface area contributed by atoms with Crippen LogP contribution in [-0.4, -0.2) is 42.9 Å². The van der Waals surface area contributed by atoms with Gasteiger partial charge in [-0.15, -0.1) is 0 Å². The van der Waals surface area contributed by atoms with Gasteiger partial charge in [-0.2, -0.15) is 0 Å². The van der Waals surface area contributed by atoms with Crippen LogP contribution in [0.5, 0.6) is 5.75 Å². The molecule has 0 aliphatic carbocycles. The van der Waals surface area contributed by atoms with Crippen molar-refractivity contribution in [2.45, 2.75) is 51.8 Å². The Morgan fingerprint density at radius 2 is 1.73 bits per heavy atom. The van der Waals surface area contributed by atoms with Crippen LogP contribution in [0.1, 0.15) is 44.2 Å². The third kappa shape index (κ3) is 5.76. The minimum absolute atomic E-state index is 0.0118. The number of amides is 1. The lowest BCUT2D eigenvalue weighted by molar-refractivity contribution is -0.140. The van der Waals surface area contributed by atoms with Gasteiger partial charge in [0.2, 0.25) is 0 Å². The van der Waals surface area contributed by atoms with Crippen LogP contribution in [0.2, 0.25) is 5.02 Å². The minimum atomic E-state index is -3.13. The fraction of sp³-hybridized carbons (Fsp3) is 0.435. The molecular formula is C23H28ClNO4S. The third-order valence-electron chi connectivity index (χ3n) is 5.41. The number of ether oxygens (including phenoxy) is 1. The highest BCUT2D eigenvalue weighted by molar-refractivity contribution is 7.91. The molecule has 0 spiro atoms. The predicted octanol–water partition coefficient (Wildman–Crippen LogP) is 4.45. The number of rotatable bonds is 7. The molecule has 2 atom stereocenters. The van der Waals surface area contributed by atoms with Crippen molar-refractivity contribution in [1.29, 1.82) is 0 Å². The lowest BCUT2D eigenvalue weighted by Crippen LogP contribution is -2.46. The summed E-state index contributed by atoms with van der Waals surface area (Å²) in [6.45, 7) is 6.26. The maximum absolute atomic E-state index is 13.3. The lowest BCUT2D eigenvalue weighted by atomic mass is 10.0. The van der Waals surface area contributed by atoms with Crippen molar-refractivity contribution in [1.82, 2.24) is 4.90 Å². The van der Waals surface area contributed by atoms with Gasteiger partial charge in [0.25, 0.3) is 5.91 Å². The van der Waals surface area contributed by atoms with Gasteiger partial charge in [-0.05, 0) is 54.7 Å². The molecule has 2 unspecified atom stereocenters. The van der Waals surface area contributed by atoms with Crippen LogP contribution in [0.3, 0.4) is 0 Å². The zero-order valence-corrected chi connectivity index (χ0v) is 19.1. The molecule has 7 heteroatoms. The van der Waals surface area contributed by atoms with Crippen LogP contribution in [0.4, 0.5) is 0 Å². The maximum Gasteiger partial charge on any atom is 0.263 e. The predicted molar refractivity (Wildman–Crippen MR) is 120 cm³/mol.